The van der Waals surface area contributed by atoms with Gasteiger partial charge in [0.05, 0.1) is 0 Å². The Morgan fingerprint density at radius 1 is 1.38 bits per heavy atom. The predicted octanol–water partition coefficient (Wildman–Crippen LogP) is 1.96. The fourth-order valence-corrected chi connectivity index (χ4v) is 1.47. The van der Waals surface area contributed by atoms with Gasteiger partial charge >= 0.3 is 0 Å². The van der Waals surface area contributed by atoms with Gasteiger partial charge in [-0.25, -0.2) is 13.8 Å². The van der Waals surface area contributed by atoms with Crippen LogP contribution in [0.5, 0.6) is 0 Å². The molecule has 0 spiro atoms. The van der Waals surface area contributed by atoms with Crippen molar-refractivity contribution in [1.29, 1.82) is 0 Å². The summed E-state index contributed by atoms with van der Waals surface area (Å²) in [5.74, 6) is -1.50. The molecule has 84 valence electrons. The summed E-state index contributed by atoms with van der Waals surface area (Å²) in [6.07, 6.45) is 2.06. The number of hydrogen-bond donors (Lipinski definition) is 2. The van der Waals surface area contributed by atoms with Gasteiger partial charge in [0, 0.05) is 18.8 Å². The molecule has 2 aromatic rings. The first kappa shape index (κ1) is 10.8. The summed E-state index contributed by atoms with van der Waals surface area (Å²) in [5.41, 5.74) is 0.129. The molecular weight excluding hydrogens is 214 g/mol. The van der Waals surface area contributed by atoms with Crippen molar-refractivity contribution in [3.63, 3.8) is 0 Å². The van der Waals surface area contributed by atoms with Crippen LogP contribution in [0.4, 0.5) is 8.78 Å². The van der Waals surface area contributed by atoms with E-state index in [0.29, 0.717) is 5.82 Å². The molecule has 0 saturated carbocycles. The van der Waals surface area contributed by atoms with Crippen LogP contribution >= 0.6 is 0 Å². The molecular formula is C11H10F2N2O. The van der Waals surface area contributed by atoms with E-state index in [1.165, 1.54) is 18.3 Å². The summed E-state index contributed by atoms with van der Waals surface area (Å²) in [4.78, 5) is 6.56. The predicted molar refractivity (Wildman–Crippen MR) is 53.6 cm³/mol. The smallest absolute Gasteiger partial charge is 0.162 e. The number of rotatable bonds is 3. The van der Waals surface area contributed by atoms with E-state index in [0.717, 1.165) is 6.07 Å². The first-order chi connectivity index (χ1) is 7.68. The molecule has 0 aliphatic rings. The van der Waals surface area contributed by atoms with E-state index >= 15 is 0 Å². The average molecular weight is 224 g/mol. The highest BCUT2D eigenvalue weighted by atomic mass is 19.2. The summed E-state index contributed by atoms with van der Waals surface area (Å²) in [7, 11) is 0. The number of halogens is 2. The number of benzene rings is 1. The molecule has 5 heteroatoms. The van der Waals surface area contributed by atoms with Crippen LogP contribution in [0.25, 0.3) is 0 Å². The van der Waals surface area contributed by atoms with Gasteiger partial charge in [0.25, 0.3) is 0 Å². The van der Waals surface area contributed by atoms with Crippen LogP contribution < -0.4 is 0 Å². The van der Waals surface area contributed by atoms with Crippen molar-refractivity contribution in [3.05, 3.63) is 53.6 Å². The highest BCUT2D eigenvalue weighted by molar-refractivity contribution is 5.20. The third-order valence-electron chi connectivity index (χ3n) is 2.28. The molecule has 1 unspecified atom stereocenters. The first-order valence-corrected chi connectivity index (χ1v) is 4.78. The standard InChI is InChI=1S/C11H10F2N2O/c12-8-3-1-2-7(10(8)13)6-9(16)11-14-4-5-15-11/h1-5,9,16H,6H2,(H,14,15). The lowest BCUT2D eigenvalue weighted by molar-refractivity contribution is 0.168. The third kappa shape index (κ3) is 2.09. The van der Waals surface area contributed by atoms with Gasteiger partial charge in [0.2, 0.25) is 0 Å². The van der Waals surface area contributed by atoms with Crippen molar-refractivity contribution in [2.24, 2.45) is 0 Å². The minimum Gasteiger partial charge on any atom is -0.385 e. The molecule has 0 aliphatic carbocycles. The fraction of sp³-hybridized carbons (Fsp3) is 0.182. The molecule has 1 atom stereocenters. The number of aromatic nitrogens is 2. The molecule has 2 rings (SSSR count). The van der Waals surface area contributed by atoms with Gasteiger partial charge in [-0.05, 0) is 11.6 Å². The Balaban J connectivity index is 2.18. The summed E-state index contributed by atoms with van der Waals surface area (Å²) in [6.45, 7) is 0. The minimum absolute atomic E-state index is 0.0168. The van der Waals surface area contributed by atoms with Gasteiger partial charge < -0.3 is 10.1 Å². The number of imidazole rings is 1. The van der Waals surface area contributed by atoms with E-state index < -0.39 is 17.7 Å². The van der Waals surface area contributed by atoms with Crippen molar-refractivity contribution in [2.45, 2.75) is 12.5 Å². The first-order valence-electron chi connectivity index (χ1n) is 4.78. The maximum atomic E-state index is 13.3. The Morgan fingerprint density at radius 3 is 2.88 bits per heavy atom. The molecule has 16 heavy (non-hydrogen) atoms. The summed E-state index contributed by atoms with van der Waals surface area (Å²) < 4.78 is 26.2. The molecule has 1 aromatic heterocycles. The zero-order valence-corrected chi connectivity index (χ0v) is 8.32. The van der Waals surface area contributed by atoms with Crippen molar-refractivity contribution in [2.75, 3.05) is 0 Å². The molecule has 0 bridgehead atoms. The Hall–Kier alpha value is -1.75. The van der Waals surface area contributed by atoms with Gasteiger partial charge in [-0.1, -0.05) is 12.1 Å². The summed E-state index contributed by atoms with van der Waals surface area (Å²) in [6, 6.07) is 3.88. The topological polar surface area (TPSA) is 48.9 Å². The Morgan fingerprint density at radius 2 is 2.19 bits per heavy atom. The molecule has 3 nitrogen and oxygen atoms in total. The largest absolute Gasteiger partial charge is 0.385 e. The number of hydrogen-bond acceptors (Lipinski definition) is 2. The SMILES string of the molecule is OC(Cc1cccc(F)c1F)c1ncc[nH]1. The van der Waals surface area contributed by atoms with Crippen LogP contribution in [0.15, 0.2) is 30.6 Å². The molecule has 1 heterocycles. The highest BCUT2D eigenvalue weighted by Gasteiger charge is 2.15. The molecule has 0 saturated heterocycles. The number of aromatic amines is 1. The highest BCUT2D eigenvalue weighted by Crippen LogP contribution is 2.18. The maximum Gasteiger partial charge on any atom is 0.162 e. The van der Waals surface area contributed by atoms with E-state index in [9.17, 15) is 13.9 Å². The normalized spacial score (nSPS) is 12.7. The van der Waals surface area contributed by atoms with E-state index in [-0.39, 0.29) is 12.0 Å². The van der Waals surface area contributed by atoms with E-state index in [2.05, 4.69) is 9.97 Å². The molecule has 0 amide bonds. The average Bonchev–Trinajstić information content (AvgIpc) is 2.78. The van der Waals surface area contributed by atoms with Gasteiger partial charge in [-0.15, -0.1) is 0 Å². The van der Waals surface area contributed by atoms with Crippen molar-refractivity contribution in [3.8, 4) is 0 Å². The van der Waals surface area contributed by atoms with E-state index in [1.807, 2.05) is 0 Å². The van der Waals surface area contributed by atoms with Crippen LogP contribution in [-0.4, -0.2) is 15.1 Å². The van der Waals surface area contributed by atoms with Crippen molar-refractivity contribution >= 4 is 0 Å². The Bertz CT molecular complexity index is 471. The van der Waals surface area contributed by atoms with Gasteiger partial charge in [0.1, 0.15) is 11.9 Å². The maximum absolute atomic E-state index is 13.3. The molecule has 1 aromatic carbocycles. The monoisotopic (exact) mass is 224 g/mol. The molecule has 0 radical (unpaired) electrons. The van der Waals surface area contributed by atoms with Crippen LogP contribution in [-0.2, 0) is 6.42 Å². The van der Waals surface area contributed by atoms with Crippen LogP contribution in [0.3, 0.4) is 0 Å². The minimum atomic E-state index is -0.966. The van der Waals surface area contributed by atoms with Crippen LogP contribution in [0, 0.1) is 11.6 Å². The third-order valence-corrected chi connectivity index (χ3v) is 2.28. The van der Waals surface area contributed by atoms with Crippen LogP contribution in [0.1, 0.15) is 17.5 Å². The van der Waals surface area contributed by atoms with Crippen LogP contribution in [0.2, 0.25) is 0 Å². The lowest BCUT2D eigenvalue weighted by Gasteiger charge is -2.08. The lowest BCUT2D eigenvalue weighted by Crippen LogP contribution is -2.06. The number of nitrogens with one attached hydrogen (secondary N) is 1. The van der Waals surface area contributed by atoms with Gasteiger partial charge in [-0.2, -0.15) is 0 Å². The Labute approximate surface area is 90.8 Å². The zero-order valence-electron chi connectivity index (χ0n) is 8.32. The number of aliphatic hydroxyl groups is 1. The van der Waals surface area contributed by atoms with Crippen molar-refractivity contribution in [1.82, 2.24) is 9.97 Å². The summed E-state index contributed by atoms with van der Waals surface area (Å²) in [5, 5.41) is 9.70. The molecule has 0 aliphatic heterocycles. The number of H-pyrrole nitrogens is 1. The second-order valence-electron chi connectivity index (χ2n) is 3.41. The van der Waals surface area contributed by atoms with Gasteiger partial charge in [-0.3, -0.25) is 0 Å². The second-order valence-corrected chi connectivity index (χ2v) is 3.41. The molecule has 2 N–H and O–H groups in total. The van der Waals surface area contributed by atoms with Crippen molar-refractivity contribution < 1.29 is 13.9 Å². The quantitative estimate of drug-likeness (QED) is 0.837. The fourth-order valence-electron chi connectivity index (χ4n) is 1.47. The lowest BCUT2D eigenvalue weighted by atomic mass is 10.1. The van der Waals surface area contributed by atoms with E-state index in [1.54, 1.807) is 6.20 Å². The number of nitrogens with zero attached hydrogens (tertiary/aromatic N) is 1. The van der Waals surface area contributed by atoms with E-state index in [4.69, 9.17) is 0 Å². The second kappa shape index (κ2) is 4.40. The van der Waals surface area contributed by atoms with Gasteiger partial charge in [0.15, 0.2) is 11.6 Å². The Kier molecular flexibility index (Phi) is 2.96. The zero-order chi connectivity index (χ0) is 11.5. The number of aliphatic hydroxyl groups excluding tert-OH is 1. The molecule has 0 fully saturated rings. The summed E-state index contributed by atoms with van der Waals surface area (Å²) >= 11 is 0.